The van der Waals surface area contributed by atoms with Crippen LogP contribution in [0.2, 0.25) is 0 Å². The fraction of sp³-hybridized carbons (Fsp3) is 0.276. The summed E-state index contributed by atoms with van der Waals surface area (Å²) in [6.45, 7) is 1.77. The molecule has 2 aromatic carbocycles. The lowest BCUT2D eigenvalue weighted by molar-refractivity contribution is 0.107. The number of benzene rings is 2. The average molecular weight is 477 g/mol. The van der Waals surface area contributed by atoms with Gasteiger partial charge in [-0.1, -0.05) is 48.5 Å². The van der Waals surface area contributed by atoms with Crippen molar-refractivity contribution in [2.45, 2.75) is 37.3 Å². The molecule has 7 rings (SSSR count). The number of fused-ring (bicyclic) bond motifs is 2. The molecule has 3 N–H and O–H groups in total. The summed E-state index contributed by atoms with van der Waals surface area (Å²) >= 11 is 0. The smallest absolute Gasteiger partial charge is 0.150 e. The van der Waals surface area contributed by atoms with Gasteiger partial charge < -0.3 is 10.8 Å². The van der Waals surface area contributed by atoms with Crippen molar-refractivity contribution >= 4 is 22.2 Å². The topological polar surface area (TPSA) is 92.6 Å². The van der Waals surface area contributed by atoms with Gasteiger partial charge in [0, 0.05) is 54.0 Å². The summed E-state index contributed by atoms with van der Waals surface area (Å²) < 4.78 is 2.12. The van der Waals surface area contributed by atoms with Crippen LogP contribution in [0.25, 0.3) is 38.9 Å². The monoisotopic (exact) mass is 476 g/mol. The van der Waals surface area contributed by atoms with Gasteiger partial charge in [0.1, 0.15) is 22.9 Å². The first kappa shape index (κ1) is 21.5. The fourth-order valence-corrected chi connectivity index (χ4v) is 5.81. The Labute approximate surface area is 209 Å². The van der Waals surface area contributed by atoms with Crippen molar-refractivity contribution in [3.05, 3.63) is 78.9 Å². The fourth-order valence-electron chi connectivity index (χ4n) is 5.81. The quantitative estimate of drug-likeness (QED) is 0.397. The first-order valence-electron chi connectivity index (χ1n) is 12.7. The highest BCUT2D eigenvalue weighted by Gasteiger charge is 2.39. The number of hydrogen-bond donors (Lipinski definition) is 2. The Bertz CT molecular complexity index is 1570. The highest BCUT2D eigenvalue weighted by molar-refractivity contribution is 5.91. The number of nitrogens with two attached hydrogens (primary N) is 1. The third kappa shape index (κ3) is 3.54. The molecule has 180 valence electrons. The van der Waals surface area contributed by atoms with E-state index < -0.39 is 0 Å². The van der Waals surface area contributed by atoms with E-state index in [9.17, 15) is 5.11 Å². The van der Waals surface area contributed by atoms with Gasteiger partial charge in [0.05, 0.1) is 17.3 Å². The van der Waals surface area contributed by atoms with Crippen LogP contribution < -0.4 is 5.73 Å². The van der Waals surface area contributed by atoms with E-state index in [1.165, 1.54) is 0 Å². The molecule has 1 saturated heterocycles. The van der Waals surface area contributed by atoms with Crippen molar-refractivity contribution in [1.29, 1.82) is 0 Å². The van der Waals surface area contributed by atoms with Crippen molar-refractivity contribution in [2.75, 3.05) is 18.8 Å². The van der Waals surface area contributed by atoms with Crippen molar-refractivity contribution in [1.82, 2.24) is 24.3 Å². The summed E-state index contributed by atoms with van der Waals surface area (Å²) in [6, 6.07) is 21.2. The molecule has 36 heavy (non-hydrogen) atoms. The normalized spacial score (nSPS) is 22.3. The van der Waals surface area contributed by atoms with E-state index >= 15 is 0 Å². The second-order valence-corrected chi connectivity index (χ2v) is 10.1. The Hall–Kier alpha value is -3.81. The number of imidazole rings is 1. The predicted molar refractivity (Wildman–Crippen MR) is 142 cm³/mol. The lowest BCUT2D eigenvalue weighted by Gasteiger charge is -2.40. The minimum atomic E-state index is -0.183. The summed E-state index contributed by atoms with van der Waals surface area (Å²) in [6.07, 6.45) is 6.51. The van der Waals surface area contributed by atoms with Gasteiger partial charge in [-0.2, -0.15) is 0 Å². The Morgan fingerprint density at radius 1 is 0.944 bits per heavy atom. The molecule has 2 aliphatic rings. The largest absolute Gasteiger partial charge is 0.392 e. The lowest BCUT2D eigenvalue weighted by atomic mass is 9.79. The molecule has 1 aliphatic carbocycles. The molecule has 0 bridgehead atoms. The molecule has 7 nitrogen and oxygen atoms in total. The van der Waals surface area contributed by atoms with Crippen molar-refractivity contribution in [3.63, 3.8) is 0 Å². The van der Waals surface area contributed by atoms with Gasteiger partial charge in [0.15, 0.2) is 0 Å². The van der Waals surface area contributed by atoms with E-state index in [0.29, 0.717) is 17.8 Å². The van der Waals surface area contributed by atoms with Crippen LogP contribution in [0.4, 0.5) is 5.82 Å². The molecule has 1 unspecified atom stereocenters. The number of aliphatic hydroxyl groups is 1. The molecule has 0 amide bonds. The number of aromatic nitrogens is 4. The van der Waals surface area contributed by atoms with E-state index in [1.807, 2.05) is 24.4 Å². The number of aliphatic hydroxyl groups excluding tert-OH is 1. The zero-order valence-corrected chi connectivity index (χ0v) is 20.0. The minimum Gasteiger partial charge on any atom is -0.392 e. The molecule has 1 atom stereocenters. The molecule has 4 heterocycles. The zero-order valence-electron chi connectivity index (χ0n) is 20.0. The number of nitrogen functional groups attached to an aromatic ring is 1. The molecule has 0 spiro atoms. The van der Waals surface area contributed by atoms with Crippen LogP contribution in [-0.2, 0) is 0 Å². The Balaban J connectivity index is 1.27. The van der Waals surface area contributed by atoms with Crippen LogP contribution >= 0.6 is 0 Å². The Morgan fingerprint density at radius 3 is 2.58 bits per heavy atom. The summed E-state index contributed by atoms with van der Waals surface area (Å²) in [5.41, 5.74) is 12.1. The average Bonchev–Trinajstić information content (AvgIpc) is 3.48. The summed E-state index contributed by atoms with van der Waals surface area (Å²) in [5, 5.41) is 11.0. The van der Waals surface area contributed by atoms with Gasteiger partial charge in [0.25, 0.3) is 0 Å². The first-order valence-corrected chi connectivity index (χ1v) is 12.7. The van der Waals surface area contributed by atoms with E-state index in [1.54, 1.807) is 6.20 Å². The van der Waals surface area contributed by atoms with E-state index in [0.717, 1.165) is 77.1 Å². The van der Waals surface area contributed by atoms with Gasteiger partial charge in [-0.05, 0) is 31.4 Å². The molecule has 0 radical (unpaired) electrons. The SMILES string of the molecule is Nc1nccn2c1c(-c1ccc3ccc(-c4ccccc4)nc3c1)nc2[C@H]1C[C@@H](N2CCC(O)C2)C1. The second-order valence-electron chi connectivity index (χ2n) is 10.1. The Kier molecular flexibility index (Phi) is 5.01. The van der Waals surface area contributed by atoms with Crippen LogP contribution in [-0.4, -0.2) is 54.6 Å². The highest BCUT2D eigenvalue weighted by atomic mass is 16.3. The van der Waals surface area contributed by atoms with E-state index in [2.05, 4.69) is 56.7 Å². The molecule has 3 aromatic heterocycles. The molecule has 1 saturated carbocycles. The molecule has 5 aromatic rings. The third-order valence-corrected chi connectivity index (χ3v) is 7.83. The lowest BCUT2D eigenvalue weighted by Crippen LogP contribution is -2.43. The van der Waals surface area contributed by atoms with Gasteiger partial charge in [0.2, 0.25) is 0 Å². The number of β-amino-alcohol motifs (C(OH)–C–C–N with tert-alkyl or cyclic N) is 1. The molecule has 1 aliphatic heterocycles. The second kappa shape index (κ2) is 8.40. The van der Waals surface area contributed by atoms with Gasteiger partial charge in [-0.15, -0.1) is 0 Å². The zero-order chi connectivity index (χ0) is 24.2. The van der Waals surface area contributed by atoms with E-state index in [4.69, 9.17) is 15.7 Å². The molecular weight excluding hydrogens is 448 g/mol. The van der Waals surface area contributed by atoms with Crippen molar-refractivity contribution in [2.24, 2.45) is 0 Å². The molecule has 7 heteroatoms. The van der Waals surface area contributed by atoms with Crippen LogP contribution in [0.15, 0.2) is 73.1 Å². The number of rotatable bonds is 4. The molecular formula is C29H28N6O. The standard InChI is InChI=1S/C29H28N6O/c30-28-27-26(20-7-6-19-8-9-24(32-25(19)16-20)18-4-2-1-3-5-18)33-29(35(27)13-11-31-28)21-14-22(15-21)34-12-10-23(36)17-34/h1-9,11,13,16,21-23,36H,10,12,14-15,17H2,(H2,30,31)/t21-,22+,23?. The van der Waals surface area contributed by atoms with Gasteiger partial charge in [-0.25, -0.2) is 15.0 Å². The molecule has 2 fully saturated rings. The van der Waals surface area contributed by atoms with Crippen LogP contribution in [0.3, 0.4) is 0 Å². The number of pyridine rings is 1. The van der Waals surface area contributed by atoms with Crippen LogP contribution in [0.1, 0.15) is 31.0 Å². The van der Waals surface area contributed by atoms with Crippen LogP contribution in [0.5, 0.6) is 0 Å². The van der Waals surface area contributed by atoms with Crippen molar-refractivity contribution < 1.29 is 5.11 Å². The number of likely N-dealkylation sites (tertiary alicyclic amines) is 1. The third-order valence-electron chi connectivity index (χ3n) is 7.83. The minimum absolute atomic E-state index is 0.183. The number of anilines is 1. The summed E-state index contributed by atoms with van der Waals surface area (Å²) in [7, 11) is 0. The Morgan fingerprint density at radius 2 is 1.78 bits per heavy atom. The maximum Gasteiger partial charge on any atom is 0.150 e. The summed E-state index contributed by atoms with van der Waals surface area (Å²) in [5.74, 6) is 1.88. The number of hydrogen-bond acceptors (Lipinski definition) is 6. The van der Waals surface area contributed by atoms with Crippen LogP contribution in [0, 0.1) is 0 Å². The first-order chi connectivity index (χ1) is 17.6. The van der Waals surface area contributed by atoms with Gasteiger partial charge in [-0.3, -0.25) is 9.30 Å². The highest BCUT2D eigenvalue weighted by Crippen LogP contribution is 2.42. The maximum atomic E-state index is 9.93. The predicted octanol–water partition coefficient (Wildman–Crippen LogP) is 4.51. The van der Waals surface area contributed by atoms with Gasteiger partial charge >= 0.3 is 0 Å². The van der Waals surface area contributed by atoms with Crippen molar-refractivity contribution in [3.8, 4) is 22.5 Å². The summed E-state index contributed by atoms with van der Waals surface area (Å²) in [4.78, 5) is 16.9. The van der Waals surface area contributed by atoms with E-state index in [-0.39, 0.29) is 6.10 Å². The number of nitrogens with zero attached hydrogens (tertiary/aromatic N) is 5. The maximum absolute atomic E-state index is 9.93.